The van der Waals surface area contributed by atoms with Gasteiger partial charge in [-0.3, -0.25) is 4.79 Å². The number of anilines is 1. The van der Waals surface area contributed by atoms with Gasteiger partial charge in [-0.15, -0.1) is 11.3 Å². The molecule has 2 aromatic rings. The van der Waals surface area contributed by atoms with E-state index in [4.69, 9.17) is 0 Å². The molecule has 0 unspecified atom stereocenters. The SMILES string of the molecule is CCN(CC)c1csc2cnc(C(=O)N[C@@H]3C[C@H]4CC[C@@H]3N4)cc12. The first-order valence-corrected chi connectivity index (χ1v) is 9.76. The molecular formula is C18H24N4OS. The van der Waals surface area contributed by atoms with Crippen LogP contribution in [0.5, 0.6) is 0 Å². The molecule has 0 aromatic carbocycles. The van der Waals surface area contributed by atoms with Crippen molar-refractivity contribution in [3.05, 3.63) is 23.3 Å². The van der Waals surface area contributed by atoms with Crippen molar-refractivity contribution in [3.63, 3.8) is 0 Å². The first-order chi connectivity index (χ1) is 11.7. The normalized spacial score (nSPS) is 25.3. The van der Waals surface area contributed by atoms with Crippen LogP contribution in [0.1, 0.15) is 43.6 Å². The molecule has 2 aliphatic heterocycles. The molecule has 0 saturated carbocycles. The number of fused-ring (bicyclic) bond motifs is 3. The largest absolute Gasteiger partial charge is 0.371 e. The second-order valence-corrected chi connectivity index (χ2v) is 7.63. The van der Waals surface area contributed by atoms with Crippen molar-refractivity contribution >= 4 is 33.0 Å². The minimum absolute atomic E-state index is 0.0482. The Bertz CT molecular complexity index is 755. The van der Waals surface area contributed by atoms with Crippen molar-refractivity contribution in [1.29, 1.82) is 0 Å². The van der Waals surface area contributed by atoms with E-state index in [1.54, 1.807) is 11.3 Å². The van der Waals surface area contributed by atoms with E-state index >= 15 is 0 Å². The van der Waals surface area contributed by atoms with Gasteiger partial charge in [0.2, 0.25) is 0 Å². The number of pyridine rings is 1. The maximum atomic E-state index is 12.7. The summed E-state index contributed by atoms with van der Waals surface area (Å²) in [6.45, 7) is 6.24. The predicted octanol–water partition coefficient (Wildman–Crippen LogP) is 2.77. The van der Waals surface area contributed by atoms with Crippen LogP contribution in [0, 0.1) is 0 Å². The molecule has 2 N–H and O–H groups in total. The lowest BCUT2D eigenvalue weighted by Gasteiger charge is -2.21. The maximum absolute atomic E-state index is 12.7. The lowest BCUT2D eigenvalue weighted by molar-refractivity contribution is 0.0926. The molecule has 4 heterocycles. The fraction of sp³-hybridized carbons (Fsp3) is 0.556. The summed E-state index contributed by atoms with van der Waals surface area (Å²) in [6, 6.07) is 3.23. The number of carbonyl (C=O) groups excluding carboxylic acids is 1. The number of nitrogens with zero attached hydrogens (tertiary/aromatic N) is 2. The number of hydrogen-bond acceptors (Lipinski definition) is 5. The van der Waals surface area contributed by atoms with Gasteiger partial charge in [-0.1, -0.05) is 0 Å². The summed E-state index contributed by atoms with van der Waals surface area (Å²) >= 11 is 1.69. The highest BCUT2D eigenvalue weighted by Crippen LogP contribution is 2.33. The van der Waals surface area contributed by atoms with Crippen molar-refractivity contribution in [2.45, 2.75) is 51.2 Å². The first kappa shape index (κ1) is 15.8. The molecule has 3 atom stereocenters. The molecule has 6 heteroatoms. The summed E-state index contributed by atoms with van der Waals surface area (Å²) in [7, 11) is 0. The van der Waals surface area contributed by atoms with Crippen molar-refractivity contribution < 1.29 is 4.79 Å². The van der Waals surface area contributed by atoms with Crippen LogP contribution >= 0.6 is 11.3 Å². The van der Waals surface area contributed by atoms with Crippen LogP contribution in [0.4, 0.5) is 5.69 Å². The van der Waals surface area contributed by atoms with E-state index in [2.05, 4.69) is 39.7 Å². The average molecular weight is 344 g/mol. The summed E-state index contributed by atoms with van der Waals surface area (Å²) < 4.78 is 1.13. The van der Waals surface area contributed by atoms with Gasteiger partial charge in [-0.05, 0) is 39.2 Å². The molecule has 1 amide bonds. The minimum Gasteiger partial charge on any atom is -0.371 e. The topological polar surface area (TPSA) is 57.3 Å². The van der Waals surface area contributed by atoms with Crippen LogP contribution in [0.15, 0.2) is 17.6 Å². The molecule has 2 aromatic heterocycles. The van der Waals surface area contributed by atoms with E-state index in [1.165, 1.54) is 18.5 Å². The number of nitrogens with one attached hydrogen (secondary N) is 2. The molecule has 4 rings (SSSR count). The van der Waals surface area contributed by atoms with Gasteiger partial charge in [0.05, 0.1) is 10.4 Å². The van der Waals surface area contributed by atoms with Crippen molar-refractivity contribution in [2.75, 3.05) is 18.0 Å². The number of amides is 1. The minimum atomic E-state index is -0.0482. The fourth-order valence-corrected chi connectivity index (χ4v) is 5.00. The molecule has 2 saturated heterocycles. The predicted molar refractivity (Wildman–Crippen MR) is 99.0 cm³/mol. The Morgan fingerprint density at radius 3 is 2.92 bits per heavy atom. The molecule has 0 aliphatic carbocycles. The molecule has 128 valence electrons. The number of thiophene rings is 1. The second kappa shape index (κ2) is 6.33. The third-order valence-electron chi connectivity index (χ3n) is 5.39. The summed E-state index contributed by atoms with van der Waals surface area (Å²) in [6.07, 6.45) is 5.28. The standard InChI is InChI=1S/C18H24N4OS/c1-3-22(4-2)16-10-24-17-9-19-15(8-12(16)17)18(23)21-14-7-11-5-6-13(14)20-11/h8-11,13-14,20H,3-7H2,1-2H3,(H,21,23)/t11-,13+,14-/m1/s1. The Morgan fingerprint density at radius 2 is 2.25 bits per heavy atom. The molecule has 24 heavy (non-hydrogen) atoms. The zero-order valence-electron chi connectivity index (χ0n) is 14.2. The van der Waals surface area contributed by atoms with Gasteiger partial charge >= 0.3 is 0 Å². The maximum Gasteiger partial charge on any atom is 0.270 e. The van der Waals surface area contributed by atoms with Gasteiger partial charge in [-0.2, -0.15) is 0 Å². The van der Waals surface area contributed by atoms with Crippen LogP contribution in [0.3, 0.4) is 0 Å². The highest BCUT2D eigenvalue weighted by atomic mass is 32.1. The molecule has 2 fully saturated rings. The molecule has 2 aliphatic rings. The van der Waals surface area contributed by atoms with Crippen molar-refractivity contribution in [3.8, 4) is 0 Å². The van der Waals surface area contributed by atoms with Gasteiger partial charge in [0.1, 0.15) is 5.69 Å². The summed E-state index contributed by atoms with van der Waals surface area (Å²) in [5.41, 5.74) is 1.73. The van der Waals surface area contributed by atoms with Gasteiger partial charge in [0.15, 0.2) is 0 Å². The van der Waals surface area contributed by atoms with Crippen LogP contribution < -0.4 is 15.5 Å². The second-order valence-electron chi connectivity index (χ2n) is 6.72. The van der Waals surface area contributed by atoms with Gasteiger partial charge in [-0.25, -0.2) is 4.98 Å². The lowest BCUT2D eigenvalue weighted by atomic mass is 9.95. The van der Waals surface area contributed by atoms with Crippen LogP contribution in [0.2, 0.25) is 0 Å². The van der Waals surface area contributed by atoms with Crippen LogP contribution in [-0.4, -0.2) is 42.1 Å². The van der Waals surface area contributed by atoms with E-state index < -0.39 is 0 Å². The Morgan fingerprint density at radius 1 is 1.42 bits per heavy atom. The average Bonchev–Trinajstić information content (AvgIpc) is 3.31. The van der Waals surface area contributed by atoms with Gasteiger partial charge in [0, 0.05) is 48.2 Å². The first-order valence-electron chi connectivity index (χ1n) is 8.88. The van der Waals surface area contributed by atoms with Crippen molar-refractivity contribution in [1.82, 2.24) is 15.6 Å². The quantitative estimate of drug-likeness (QED) is 0.876. The Balaban J connectivity index is 1.57. The van der Waals surface area contributed by atoms with E-state index in [9.17, 15) is 4.79 Å². The smallest absolute Gasteiger partial charge is 0.270 e. The third-order valence-corrected chi connectivity index (χ3v) is 6.31. The summed E-state index contributed by atoms with van der Waals surface area (Å²) in [5.74, 6) is -0.0482. The highest BCUT2D eigenvalue weighted by Gasteiger charge is 2.39. The molecule has 5 nitrogen and oxygen atoms in total. The fourth-order valence-electron chi connectivity index (χ4n) is 4.08. The Hall–Kier alpha value is -1.66. The van der Waals surface area contributed by atoms with Crippen LogP contribution in [-0.2, 0) is 0 Å². The number of rotatable bonds is 5. The van der Waals surface area contributed by atoms with Crippen molar-refractivity contribution in [2.24, 2.45) is 0 Å². The number of carbonyl (C=O) groups is 1. The molecule has 0 radical (unpaired) electrons. The van der Waals surface area contributed by atoms with Gasteiger partial charge in [0.25, 0.3) is 5.91 Å². The molecular weight excluding hydrogens is 320 g/mol. The summed E-state index contributed by atoms with van der Waals surface area (Å²) in [5, 5.41) is 10.0. The number of aromatic nitrogens is 1. The zero-order chi connectivity index (χ0) is 16.7. The monoisotopic (exact) mass is 344 g/mol. The molecule has 2 bridgehead atoms. The van der Waals surface area contributed by atoms with E-state index in [0.29, 0.717) is 17.8 Å². The lowest BCUT2D eigenvalue weighted by Crippen LogP contribution is -2.43. The summed E-state index contributed by atoms with van der Waals surface area (Å²) in [4.78, 5) is 19.4. The Kier molecular flexibility index (Phi) is 4.18. The third kappa shape index (κ3) is 2.67. The highest BCUT2D eigenvalue weighted by molar-refractivity contribution is 7.17. The molecule has 0 spiro atoms. The zero-order valence-corrected chi connectivity index (χ0v) is 15.0. The van der Waals surface area contributed by atoms with Crippen LogP contribution in [0.25, 0.3) is 10.1 Å². The van der Waals surface area contributed by atoms with E-state index in [1.807, 2.05) is 12.3 Å². The van der Waals surface area contributed by atoms with E-state index in [-0.39, 0.29) is 11.9 Å². The Labute approximate surface area is 146 Å². The van der Waals surface area contributed by atoms with Gasteiger partial charge < -0.3 is 15.5 Å². The van der Waals surface area contributed by atoms with E-state index in [0.717, 1.165) is 29.6 Å². The number of hydrogen-bond donors (Lipinski definition) is 2.